The smallest absolute Gasteiger partial charge is 0.0570 e. The van der Waals surface area contributed by atoms with Crippen molar-refractivity contribution in [3.8, 4) is 0 Å². The Hall–Kier alpha value is -0.0800. The lowest BCUT2D eigenvalue weighted by Gasteiger charge is -2.65. The van der Waals surface area contributed by atoms with E-state index in [2.05, 4.69) is 4.90 Å². The minimum absolute atomic E-state index is 0.0208. The molecule has 2 heteroatoms. The first-order valence-electron chi connectivity index (χ1n) is 4.30. The van der Waals surface area contributed by atoms with E-state index in [9.17, 15) is 5.11 Å². The maximum Gasteiger partial charge on any atom is 0.0570 e. The zero-order valence-corrected chi connectivity index (χ0v) is 6.03. The second kappa shape index (κ2) is 1.56. The highest BCUT2D eigenvalue weighted by molar-refractivity contribution is 5.10. The Balaban J connectivity index is 1.80. The number of rotatable bonds is 0. The highest BCUT2D eigenvalue weighted by Crippen LogP contribution is 2.48. The summed E-state index contributed by atoms with van der Waals surface area (Å²) in [5, 5.41) is 9.40. The normalized spacial score (nSPS) is 58.5. The first kappa shape index (κ1) is 5.56. The molecule has 0 spiro atoms. The summed E-state index contributed by atoms with van der Waals surface area (Å²) in [7, 11) is 0. The summed E-state index contributed by atoms with van der Waals surface area (Å²) in [5.41, 5.74) is 0. The molecule has 0 aromatic heterocycles. The van der Waals surface area contributed by atoms with Gasteiger partial charge in [-0.1, -0.05) is 0 Å². The van der Waals surface area contributed by atoms with E-state index in [0.717, 1.165) is 31.0 Å². The molecule has 2 nitrogen and oxygen atoms in total. The van der Waals surface area contributed by atoms with E-state index in [0.29, 0.717) is 0 Å². The number of hydrogen-bond donors (Lipinski definition) is 1. The van der Waals surface area contributed by atoms with E-state index in [-0.39, 0.29) is 6.10 Å². The molecule has 3 aliphatic heterocycles. The second-order valence-corrected chi connectivity index (χ2v) is 4.01. The summed E-state index contributed by atoms with van der Waals surface area (Å²) < 4.78 is 0. The van der Waals surface area contributed by atoms with Gasteiger partial charge in [-0.2, -0.15) is 0 Å². The Kier molecular flexibility index (Phi) is 0.868. The van der Waals surface area contributed by atoms with E-state index < -0.39 is 0 Å². The number of aliphatic hydroxyl groups excluding tert-OH is 1. The molecule has 0 aromatic carbocycles. The lowest BCUT2D eigenvalue weighted by Crippen LogP contribution is -2.73. The van der Waals surface area contributed by atoms with Crippen LogP contribution in [0, 0.1) is 0 Å². The number of piperidine rings is 2. The van der Waals surface area contributed by atoms with Crippen molar-refractivity contribution in [3.63, 3.8) is 0 Å². The number of hydrogen-bond acceptors (Lipinski definition) is 2. The van der Waals surface area contributed by atoms with Crippen LogP contribution in [0.25, 0.3) is 0 Å². The molecule has 4 atom stereocenters. The van der Waals surface area contributed by atoms with Crippen LogP contribution in [0.3, 0.4) is 0 Å². The molecule has 3 rings (SSSR count). The monoisotopic (exact) mass is 139 g/mol. The lowest BCUT2D eigenvalue weighted by molar-refractivity contribution is -0.170. The molecular weight excluding hydrogens is 126 g/mol. The van der Waals surface area contributed by atoms with E-state index in [1.54, 1.807) is 0 Å². The summed E-state index contributed by atoms with van der Waals surface area (Å²) in [6.07, 6.45) is 4.86. The highest BCUT2D eigenvalue weighted by atomic mass is 16.3. The molecule has 3 heterocycles. The van der Waals surface area contributed by atoms with Crippen molar-refractivity contribution in [1.82, 2.24) is 4.90 Å². The Morgan fingerprint density at radius 2 is 1.40 bits per heavy atom. The van der Waals surface area contributed by atoms with Crippen molar-refractivity contribution in [2.24, 2.45) is 0 Å². The summed E-state index contributed by atoms with van der Waals surface area (Å²) >= 11 is 0. The molecule has 0 saturated carbocycles. The molecule has 0 amide bonds. The summed E-state index contributed by atoms with van der Waals surface area (Å²) in [6.45, 7) is 0. The molecule has 0 aromatic rings. The first-order valence-corrected chi connectivity index (χ1v) is 4.30. The highest BCUT2D eigenvalue weighted by Gasteiger charge is 2.54. The largest absolute Gasteiger partial charge is 0.393 e. The average molecular weight is 139 g/mol. The van der Waals surface area contributed by atoms with Crippen molar-refractivity contribution in [2.75, 3.05) is 0 Å². The zero-order valence-electron chi connectivity index (χ0n) is 6.03. The fourth-order valence-corrected chi connectivity index (χ4v) is 2.99. The van der Waals surface area contributed by atoms with Gasteiger partial charge < -0.3 is 5.11 Å². The molecule has 56 valence electrons. The second-order valence-electron chi connectivity index (χ2n) is 4.01. The van der Waals surface area contributed by atoms with Gasteiger partial charge in [-0.25, -0.2) is 0 Å². The van der Waals surface area contributed by atoms with Crippen molar-refractivity contribution >= 4 is 0 Å². The average Bonchev–Trinajstić information content (AvgIpc) is 1.78. The third kappa shape index (κ3) is 0.487. The maximum atomic E-state index is 9.40. The molecule has 1 unspecified atom stereocenters. The standard InChI is InChI=1S/C8H13NO/c10-8-3-6-1-5-2-7(4-8)9(5)6/h5-8,10H,1-4H2/t5?,6-,7+,8+. The summed E-state index contributed by atoms with van der Waals surface area (Å²) in [4.78, 5) is 2.60. The van der Waals surface area contributed by atoms with E-state index >= 15 is 0 Å². The van der Waals surface area contributed by atoms with Crippen LogP contribution < -0.4 is 0 Å². The minimum Gasteiger partial charge on any atom is -0.393 e. The van der Waals surface area contributed by atoms with Crippen LogP contribution in [0.15, 0.2) is 0 Å². The molecule has 0 radical (unpaired) electrons. The van der Waals surface area contributed by atoms with Crippen molar-refractivity contribution in [2.45, 2.75) is 49.9 Å². The van der Waals surface area contributed by atoms with Gasteiger partial charge in [-0.05, 0) is 25.7 Å². The molecule has 10 heavy (non-hydrogen) atoms. The zero-order chi connectivity index (χ0) is 6.72. The van der Waals surface area contributed by atoms with Gasteiger partial charge in [0.1, 0.15) is 0 Å². The molecule has 3 aliphatic rings. The van der Waals surface area contributed by atoms with Crippen LogP contribution in [0.5, 0.6) is 0 Å². The van der Waals surface area contributed by atoms with Crippen LogP contribution in [0.2, 0.25) is 0 Å². The van der Waals surface area contributed by atoms with E-state index in [1.807, 2.05) is 0 Å². The van der Waals surface area contributed by atoms with Gasteiger partial charge in [-0.15, -0.1) is 0 Å². The van der Waals surface area contributed by atoms with E-state index in [1.165, 1.54) is 12.8 Å². The Morgan fingerprint density at radius 1 is 0.900 bits per heavy atom. The first-order chi connectivity index (χ1) is 4.84. The molecule has 1 N–H and O–H groups in total. The van der Waals surface area contributed by atoms with Crippen molar-refractivity contribution in [1.29, 1.82) is 0 Å². The topological polar surface area (TPSA) is 23.5 Å². The predicted octanol–water partition coefficient (Wildman–Crippen LogP) is 0.356. The van der Waals surface area contributed by atoms with Gasteiger partial charge in [0.25, 0.3) is 0 Å². The Labute approximate surface area is 60.8 Å². The molecule has 0 aliphatic carbocycles. The fraction of sp³-hybridized carbons (Fsp3) is 1.00. The molecule has 3 saturated heterocycles. The van der Waals surface area contributed by atoms with Gasteiger partial charge in [0, 0.05) is 18.1 Å². The lowest BCUT2D eigenvalue weighted by atomic mass is 9.69. The third-order valence-electron chi connectivity index (χ3n) is 3.44. The van der Waals surface area contributed by atoms with Crippen molar-refractivity contribution in [3.05, 3.63) is 0 Å². The van der Waals surface area contributed by atoms with Crippen LogP contribution in [-0.2, 0) is 0 Å². The van der Waals surface area contributed by atoms with Gasteiger partial charge >= 0.3 is 0 Å². The summed E-state index contributed by atoms with van der Waals surface area (Å²) in [6, 6.07) is 2.47. The van der Waals surface area contributed by atoms with Crippen LogP contribution in [0.4, 0.5) is 0 Å². The SMILES string of the molecule is O[C@H]1C[C@H]2CC3C[C@@H](C1)N32. The molecule has 0 bridgehead atoms. The maximum absolute atomic E-state index is 9.40. The van der Waals surface area contributed by atoms with Crippen LogP contribution >= 0.6 is 0 Å². The fourth-order valence-electron chi connectivity index (χ4n) is 2.99. The summed E-state index contributed by atoms with van der Waals surface area (Å²) in [5.74, 6) is 0. The third-order valence-corrected chi connectivity index (χ3v) is 3.44. The molecule has 3 fully saturated rings. The number of nitrogens with zero attached hydrogens (tertiary/aromatic N) is 1. The quantitative estimate of drug-likeness (QED) is 0.523. The van der Waals surface area contributed by atoms with Gasteiger partial charge in [0.15, 0.2) is 0 Å². The van der Waals surface area contributed by atoms with Crippen LogP contribution in [-0.4, -0.2) is 34.2 Å². The van der Waals surface area contributed by atoms with Gasteiger partial charge in [0.05, 0.1) is 6.10 Å². The van der Waals surface area contributed by atoms with E-state index in [4.69, 9.17) is 0 Å². The number of aliphatic hydroxyl groups is 1. The van der Waals surface area contributed by atoms with Crippen molar-refractivity contribution < 1.29 is 5.11 Å². The van der Waals surface area contributed by atoms with Crippen LogP contribution in [0.1, 0.15) is 25.7 Å². The predicted molar refractivity (Wildman–Crippen MR) is 37.7 cm³/mol. The van der Waals surface area contributed by atoms with Gasteiger partial charge in [0.2, 0.25) is 0 Å². The minimum atomic E-state index is 0.0208. The Morgan fingerprint density at radius 3 is 1.90 bits per heavy atom. The molecular formula is C8H13NO. The Bertz CT molecular complexity index is 155. The van der Waals surface area contributed by atoms with Gasteiger partial charge in [-0.3, -0.25) is 4.90 Å².